The molecule has 2 bridgehead atoms. The fourth-order valence-electron chi connectivity index (χ4n) is 4.51. The van der Waals surface area contributed by atoms with Gasteiger partial charge in [0.05, 0.1) is 18.8 Å². The van der Waals surface area contributed by atoms with E-state index in [9.17, 15) is 0 Å². The first kappa shape index (κ1) is 14.4. The van der Waals surface area contributed by atoms with E-state index in [-0.39, 0.29) is 5.54 Å². The summed E-state index contributed by atoms with van der Waals surface area (Å²) in [5, 5.41) is 7.59. The molecule has 3 aliphatic carbocycles. The number of thiazole rings is 1. The number of anilines is 1. The third-order valence-corrected chi connectivity index (χ3v) is 6.56. The normalized spacial score (nSPS) is 31.3. The smallest absolute Gasteiger partial charge is 0.317 e. The summed E-state index contributed by atoms with van der Waals surface area (Å²) in [6.07, 6.45) is 8.37. The minimum absolute atomic E-state index is 0.114. The lowest BCUT2D eigenvalue weighted by molar-refractivity contribution is 0.0808. The van der Waals surface area contributed by atoms with Gasteiger partial charge in [-0.05, 0) is 31.1 Å². The Labute approximate surface area is 144 Å². The van der Waals surface area contributed by atoms with Crippen LogP contribution in [0, 0.1) is 11.8 Å². The van der Waals surface area contributed by atoms with Crippen LogP contribution in [0.15, 0.2) is 11.2 Å². The van der Waals surface area contributed by atoms with Crippen molar-refractivity contribution < 1.29 is 4.74 Å². The molecule has 0 radical (unpaired) electrons. The maximum Gasteiger partial charge on any atom is 0.317 e. The first-order chi connectivity index (χ1) is 11.7. The lowest BCUT2D eigenvalue weighted by Crippen LogP contribution is -2.48. The van der Waals surface area contributed by atoms with E-state index in [4.69, 9.17) is 9.73 Å². The van der Waals surface area contributed by atoms with Crippen LogP contribution in [0.5, 0.6) is 6.01 Å². The first-order valence-corrected chi connectivity index (χ1v) is 9.34. The Hall–Kier alpha value is -1.96. The molecule has 8 heteroatoms. The van der Waals surface area contributed by atoms with Gasteiger partial charge in [-0.2, -0.15) is 4.98 Å². The Kier molecular flexibility index (Phi) is 3.16. The molecule has 0 saturated heterocycles. The van der Waals surface area contributed by atoms with Crippen LogP contribution in [0.4, 0.5) is 5.13 Å². The van der Waals surface area contributed by atoms with E-state index in [1.165, 1.54) is 43.4 Å². The summed E-state index contributed by atoms with van der Waals surface area (Å²) in [5.41, 5.74) is 0.886. The highest BCUT2D eigenvalue weighted by Gasteiger charge is 2.49. The molecule has 126 valence electrons. The minimum atomic E-state index is 0.114. The predicted molar refractivity (Wildman–Crippen MR) is 93.6 cm³/mol. The molecule has 3 heterocycles. The van der Waals surface area contributed by atoms with Crippen molar-refractivity contribution in [3.8, 4) is 6.01 Å². The first-order valence-electron chi connectivity index (χ1n) is 8.52. The lowest BCUT2D eigenvalue weighted by atomic mass is 9.61. The van der Waals surface area contributed by atoms with Crippen LogP contribution >= 0.6 is 11.3 Å². The molecule has 4 aliphatic rings. The van der Waals surface area contributed by atoms with Gasteiger partial charge in [0.1, 0.15) is 5.52 Å². The molecule has 7 nitrogen and oxygen atoms in total. The van der Waals surface area contributed by atoms with E-state index >= 15 is 0 Å². The van der Waals surface area contributed by atoms with Gasteiger partial charge in [0, 0.05) is 6.54 Å². The van der Waals surface area contributed by atoms with Crippen LogP contribution in [0.3, 0.4) is 0 Å². The fraction of sp³-hybridized carbons (Fsp3) is 0.625. The molecular weight excluding hydrogens is 324 g/mol. The van der Waals surface area contributed by atoms with E-state index < -0.39 is 0 Å². The van der Waals surface area contributed by atoms with E-state index in [0.29, 0.717) is 6.01 Å². The zero-order valence-corrected chi connectivity index (χ0v) is 14.4. The molecule has 2 aromatic rings. The zero-order chi connectivity index (χ0) is 16.1. The average Bonchev–Trinajstić information content (AvgIpc) is 3.19. The number of guanidine groups is 1. The van der Waals surface area contributed by atoms with Gasteiger partial charge >= 0.3 is 6.01 Å². The summed E-state index contributed by atoms with van der Waals surface area (Å²) in [4.78, 5) is 18.8. The van der Waals surface area contributed by atoms with Crippen LogP contribution in [0.1, 0.15) is 32.1 Å². The van der Waals surface area contributed by atoms with Crippen LogP contribution in [-0.2, 0) is 0 Å². The van der Waals surface area contributed by atoms with Crippen LogP contribution in [0.25, 0.3) is 10.3 Å². The fourth-order valence-corrected chi connectivity index (χ4v) is 5.31. The van der Waals surface area contributed by atoms with E-state index in [1.54, 1.807) is 13.3 Å². The van der Waals surface area contributed by atoms with E-state index in [1.807, 2.05) is 0 Å². The number of ether oxygens (including phenoxy) is 1. The van der Waals surface area contributed by atoms with Crippen molar-refractivity contribution >= 4 is 32.8 Å². The van der Waals surface area contributed by atoms with Gasteiger partial charge < -0.3 is 15.4 Å². The Balaban J connectivity index is 1.39. The van der Waals surface area contributed by atoms with Crippen molar-refractivity contribution in [1.29, 1.82) is 0 Å². The molecule has 2 N–H and O–H groups in total. The zero-order valence-electron chi connectivity index (χ0n) is 13.6. The van der Waals surface area contributed by atoms with Gasteiger partial charge in [0.25, 0.3) is 0 Å². The summed E-state index contributed by atoms with van der Waals surface area (Å²) in [6.45, 7) is 0.953. The Morgan fingerprint density at radius 3 is 2.92 bits per heavy atom. The molecule has 3 fully saturated rings. The molecule has 24 heavy (non-hydrogen) atoms. The summed E-state index contributed by atoms with van der Waals surface area (Å²) in [5.74, 6) is 2.45. The van der Waals surface area contributed by atoms with E-state index in [0.717, 1.165) is 39.8 Å². The van der Waals surface area contributed by atoms with Gasteiger partial charge in [-0.15, -0.1) is 0 Å². The molecule has 1 atom stereocenters. The van der Waals surface area contributed by atoms with Crippen LogP contribution in [0.2, 0.25) is 0 Å². The minimum Gasteiger partial charge on any atom is -0.467 e. The quantitative estimate of drug-likeness (QED) is 0.870. The lowest BCUT2D eigenvalue weighted by Gasteiger charge is -2.47. The number of rotatable bonds is 2. The average molecular weight is 344 g/mol. The Morgan fingerprint density at radius 1 is 1.29 bits per heavy atom. The molecule has 1 aliphatic heterocycles. The summed E-state index contributed by atoms with van der Waals surface area (Å²) in [6, 6.07) is 0.367. The number of hydrogen-bond acceptors (Lipinski definition) is 8. The van der Waals surface area contributed by atoms with Gasteiger partial charge in [0.2, 0.25) is 0 Å². The largest absolute Gasteiger partial charge is 0.467 e. The molecule has 3 saturated carbocycles. The summed E-state index contributed by atoms with van der Waals surface area (Å²) < 4.78 is 5.07. The van der Waals surface area contributed by atoms with Gasteiger partial charge in [-0.25, -0.2) is 15.0 Å². The standard InChI is InChI=1S/C16H20N6OS/c1-23-14-17-7-11-12(20-14)24-15(19-11)21-13-18-8-16(22-13)6-9-2-4-10(16)5-3-9/h7,9-10H,2-6,8H2,1H3,(H2,18,19,21,22)/t9?,10?,16-/m0/s1. The number of hydrogen-bond donors (Lipinski definition) is 2. The van der Waals surface area contributed by atoms with Crippen molar-refractivity contribution in [2.24, 2.45) is 16.8 Å². The molecule has 0 unspecified atom stereocenters. The topological polar surface area (TPSA) is 84.3 Å². The third-order valence-electron chi connectivity index (χ3n) is 5.68. The number of nitrogens with one attached hydrogen (secondary N) is 2. The van der Waals surface area contributed by atoms with Crippen molar-refractivity contribution in [2.75, 3.05) is 19.0 Å². The number of fused-ring (bicyclic) bond motifs is 3. The molecule has 1 spiro atoms. The highest BCUT2D eigenvalue weighted by Crippen LogP contribution is 2.50. The van der Waals surface area contributed by atoms with Crippen LogP contribution in [-0.4, -0.2) is 40.1 Å². The number of aliphatic imine (C=N–C) groups is 1. The third kappa shape index (κ3) is 2.23. The second kappa shape index (κ2) is 5.27. The van der Waals surface area contributed by atoms with Gasteiger partial charge in [0.15, 0.2) is 15.9 Å². The van der Waals surface area contributed by atoms with E-state index in [2.05, 4.69) is 25.6 Å². The van der Waals surface area contributed by atoms with Crippen LogP contribution < -0.4 is 15.4 Å². The molecule has 0 aromatic carbocycles. The molecular formula is C16H20N6OS. The van der Waals surface area contributed by atoms with Crippen molar-refractivity contribution in [2.45, 2.75) is 37.6 Å². The monoisotopic (exact) mass is 344 g/mol. The Bertz CT molecular complexity index is 812. The number of nitrogens with zero attached hydrogens (tertiary/aromatic N) is 4. The molecule has 6 rings (SSSR count). The molecule has 2 aromatic heterocycles. The highest BCUT2D eigenvalue weighted by molar-refractivity contribution is 7.21. The number of aromatic nitrogens is 3. The second-order valence-corrected chi connectivity index (χ2v) is 8.01. The maximum absolute atomic E-state index is 5.07. The highest BCUT2D eigenvalue weighted by atomic mass is 32.1. The molecule has 0 amide bonds. The van der Waals surface area contributed by atoms with Gasteiger partial charge in [-0.1, -0.05) is 24.2 Å². The maximum atomic E-state index is 5.07. The van der Waals surface area contributed by atoms with Gasteiger partial charge in [-0.3, -0.25) is 0 Å². The Morgan fingerprint density at radius 2 is 2.17 bits per heavy atom. The summed E-state index contributed by atoms with van der Waals surface area (Å²) in [7, 11) is 1.57. The second-order valence-electron chi connectivity index (χ2n) is 7.03. The number of methoxy groups -OCH3 is 1. The van der Waals surface area contributed by atoms with Crippen molar-refractivity contribution in [3.63, 3.8) is 0 Å². The van der Waals surface area contributed by atoms with Crippen molar-refractivity contribution in [3.05, 3.63) is 6.20 Å². The summed E-state index contributed by atoms with van der Waals surface area (Å²) >= 11 is 1.49. The predicted octanol–water partition coefficient (Wildman–Crippen LogP) is 2.41. The van der Waals surface area contributed by atoms with Crippen molar-refractivity contribution in [1.82, 2.24) is 20.3 Å². The SMILES string of the molecule is COc1ncc2nc(NC3=N[C@]4(CN3)CC3CCC4CC3)sc2n1.